The van der Waals surface area contributed by atoms with E-state index >= 15 is 0 Å². The minimum atomic E-state index is -4.54. The van der Waals surface area contributed by atoms with Crippen LogP contribution in [0.1, 0.15) is 92.1 Å². The molecule has 3 aromatic heterocycles. The number of halogens is 3. The lowest BCUT2D eigenvalue weighted by Gasteiger charge is -2.20. The molecule has 244 valence electrons. The topological polar surface area (TPSA) is 139 Å². The van der Waals surface area contributed by atoms with Gasteiger partial charge in [0.2, 0.25) is 5.91 Å². The minimum Gasteiger partial charge on any atom is -0.383 e. The number of carbonyl (C=O) groups is 2. The fourth-order valence-corrected chi connectivity index (χ4v) is 6.01. The summed E-state index contributed by atoms with van der Waals surface area (Å²) < 4.78 is 39.0. The van der Waals surface area contributed by atoms with Gasteiger partial charge in [-0.3, -0.25) is 14.7 Å². The molecule has 9 nitrogen and oxygen atoms in total. The van der Waals surface area contributed by atoms with E-state index in [1.54, 1.807) is 30.5 Å². The largest absolute Gasteiger partial charge is 0.416 e. The second-order valence-corrected chi connectivity index (χ2v) is 11.9. The number of amides is 2. The lowest BCUT2D eigenvalue weighted by Crippen LogP contribution is -2.32. The monoisotopic (exact) mass is 635 g/mol. The quantitative estimate of drug-likeness (QED) is 0.113. The molecule has 5 N–H and O–H groups in total. The van der Waals surface area contributed by atoms with Crippen molar-refractivity contribution in [2.75, 3.05) is 17.6 Å². The van der Waals surface area contributed by atoms with Crippen LogP contribution in [0.15, 0.2) is 48.8 Å². The number of anilines is 2. The summed E-state index contributed by atoms with van der Waals surface area (Å²) in [6, 6.07) is 8.21. The number of hydrogen-bond acceptors (Lipinski definition) is 6. The molecule has 1 fully saturated rings. The van der Waals surface area contributed by atoms with Crippen LogP contribution in [0.2, 0.25) is 0 Å². The number of pyridine rings is 2. The van der Waals surface area contributed by atoms with Crippen molar-refractivity contribution in [3.63, 3.8) is 0 Å². The number of nitrogens with one attached hydrogen (secondary N) is 3. The normalized spacial score (nSPS) is 14.0. The Labute approximate surface area is 266 Å². The van der Waals surface area contributed by atoms with Crippen LogP contribution in [0, 0.1) is 5.92 Å². The summed E-state index contributed by atoms with van der Waals surface area (Å²) in [4.78, 5) is 33.2. The zero-order valence-electron chi connectivity index (χ0n) is 25.8. The van der Waals surface area contributed by atoms with Crippen LogP contribution in [0.5, 0.6) is 0 Å². The second kappa shape index (κ2) is 15.2. The number of alkyl halides is 3. The molecule has 2 amide bonds. The van der Waals surface area contributed by atoms with Gasteiger partial charge in [0, 0.05) is 36.0 Å². The Kier molecular flexibility index (Phi) is 10.9. The maximum absolute atomic E-state index is 13.0. The van der Waals surface area contributed by atoms with Gasteiger partial charge in [-0.15, -0.1) is 0 Å². The smallest absolute Gasteiger partial charge is 0.383 e. The van der Waals surface area contributed by atoms with Crippen LogP contribution in [0.3, 0.4) is 0 Å². The van der Waals surface area contributed by atoms with Crippen molar-refractivity contribution in [3.8, 4) is 11.3 Å². The fourth-order valence-electron chi connectivity index (χ4n) is 6.01. The molecular formula is C34H40F3N7O2. The van der Waals surface area contributed by atoms with Gasteiger partial charge in [-0.1, -0.05) is 57.1 Å². The first-order chi connectivity index (χ1) is 22.2. The van der Waals surface area contributed by atoms with E-state index in [9.17, 15) is 22.8 Å². The molecule has 1 aliphatic rings. The van der Waals surface area contributed by atoms with Crippen molar-refractivity contribution < 1.29 is 22.8 Å². The molecule has 0 unspecified atom stereocenters. The summed E-state index contributed by atoms with van der Waals surface area (Å²) in [5, 5.41) is 13.8. The number of aryl methyl sites for hydroxylation is 1. The minimum absolute atomic E-state index is 0.190. The first kappa shape index (κ1) is 32.9. The van der Waals surface area contributed by atoms with Crippen molar-refractivity contribution in [1.29, 1.82) is 0 Å². The maximum atomic E-state index is 13.0. The molecule has 1 aromatic carbocycles. The summed E-state index contributed by atoms with van der Waals surface area (Å²) in [7, 11) is 0. The number of nitrogen functional groups attached to an aromatic ring is 1. The number of unbranched alkanes of at least 4 members (excludes halogenated alkanes) is 5. The summed E-state index contributed by atoms with van der Waals surface area (Å²) in [5.41, 5.74) is 8.78. The van der Waals surface area contributed by atoms with Gasteiger partial charge in [-0.25, -0.2) is 9.97 Å². The molecule has 0 atom stereocenters. The average Bonchev–Trinajstić information content (AvgIpc) is 3.51. The van der Waals surface area contributed by atoms with Crippen LogP contribution in [-0.4, -0.2) is 38.5 Å². The molecule has 46 heavy (non-hydrogen) atoms. The van der Waals surface area contributed by atoms with Crippen LogP contribution in [0.25, 0.3) is 22.2 Å². The average molecular weight is 636 g/mol. The molecule has 5 rings (SSSR count). The molecular weight excluding hydrogens is 595 g/mol. The number of aromatic nitrogens is 4. The van der Waals surface area contributed by atoms with E-state index in [0.29, 0.717) is 16.9 Å². The highest BCUT2D eigenvalue weighted by Gasteiger charge is 2.31. The molecule has 3 heterocycles. The SMILES string of the molecule is Nc1ncc(CCCCCCCCNC(=O)C2CCCCC2)c2n[nH]c(-c3ccc(C(=O)Nc4cc(C(F)(F)F)ccn4)cc3)c12. The van der Waals surface area contributed by atoms with Crippen molar-refractivity contribution in [2.45, 2.75) is 83.2 Å². The Morgan fingerprint density at radius 3 is 2.39 bits per heavy atom. The number of hydrogen-bond donors (Lipinski definition) is 4. The summed E-state index contributed by atoms with van der Waals surface area (Å²) in [5.74, 6) is 0.0202. The zero-order chi connectivity index (χ0) is 32.5. The Morgan fingerprint density at radius 1 is 0.935 bits per heavy atom. The van der Waals surface area contributed by atoms with Gasteiger partial charge in [-0.05, 0) is 61.9 Å². The van der Waals surface area contributed by atoms with Gasteiger partial charge in [-0.2, -0.15) is 18.3 Å². The molecule has 4 aromatic rings. The first-order valence-electron chi connectivity index (χ1n) is 16.0. The van der Waals surface area contributed by atoms with E-state index in [1.165, 1.54) is 19.3 Å². The predicted molar refractivity (Wildman–Crippen MR) is 172 cm³/mol. The van der Waals surface area contributed by atoms with Crippen molar-refractivity contribution in [2.24, 2.45) is 5.92 Å². The van der Waals surface area contributed by atoms with Crippen LogP contribution in [-0.2, 0) is 17.4 Å². The number of carbonyl (C=O) groups excluding carboxylic acids is 2. The zero-order valence-corrected chi connectivity index (χ0v) is 25.8. The summed E-state index contributed by atoms with van der Waals surface area (Å²) >= 11 is 0. The van der Waals surface area contributed by atoms with E-state index in [2.05, 4.69) is 30.8 Å². The highest BCUT2D eigenvalue weighted by Crippen LogP contribution is 2.33. The van der Waals surface area contributed by atoms with Crippen molar-refractivity contribution in [1.82, 2.24) is 25.5 Å². The highest BCUT2D eigenvalue weighted by molar-refractivity contribution is 6.05. The maximum Gasteiger partial charge on any atom is 0.416 e. The van der Waals surface area contributed by atoms with Gasteiger partial charge in [0.05, 0.1) is 16.6 Å². The molecule has 0 bridgehead atoms. The van der Waals surface area contributed by atoms with Crippen LogP contribution < -0.4 is 16.4 Å². The Balaban J connectivity index is 1.10. The molecule has 0 spiro atoms. The molecule has 0 saturated heterocycles. The number of aromatic amines is 1. The number of H-pyrrole nitrogens is 1. The third-order valence-electron chi connectivity index (χ3n) is 8.60. The van der Waals surface area contributed by atoms with Crippen molar-refractivity contribution >= 4 is 34.4 Å². The molecule has 0 radical (unpaired) electrons. The lowest BCUT2D eigenvalue weighted by atomic mass is 9.88. The Hall–Kier alpha value is -4.48. The van der Waals surface area contributed by atoms with E-state index in [0.717, 1.165) is 99.3 Å². The molecule has 1 aliphatic carbocycles. The van der Waals surface area contributed by atoms with Crippen molar-refractivity contribution in [3.05, 3.63) is 65.5 Å². The Morgan fingerprint density at radius 2 is 1.65 bits per heavy atom. The summed E-state index contributed by atoms with van der Waals surface area (Å²) in [6.07, 6.45) is 11.1. The van der Waals surface area contributed by atoms with Gasteiger partial charge < -0.3 is 16.4 Å². The van der Waals surface area contributed by atoms with Gasteiger partial charge in [0.25, 0.3) is 5.91 Å². The van der Waals surface area contributed by atoms with E-state index in [1.807, 2.05) is 0 Å². The predicted octanol–water partition coefficient (Wildman–Crippen LogP) is 7.45. The van der Waals surface area contributed by atoms with Crippen LogP contribution in [0.4, 0.5) is 24.8 Å². The van der Waals surface area contributed by atoms with Gasteiger partial charge >= 0.3 is 6.18 Å². The number of fused-ring (bicyclic) bond motifs is 1. The third kappa shape index (κ3) is 8.41. The molecule has 12 heteroatoms. The van der Waals surface area contributed by atoms with E-state index in [-0.39, 0.29) is 23.2 Å². The second-order valence-electron chi connectivity index (χ2n) is 11.9. The lowest BCUT2D eigenvalue weighted by molar-refractivity contribution is -0.137. The number of nitrogens with zero attached hydrogens (tertiary/aromatic N) is 3. The number of rotatable bonds is 13. The molecule has 1 saturated carbocycles. The van der Waals surface area contributed by atoms with Crippen LogP contribution >= 0.6 is 0 Å². The third-order valence-corrected chi connectivity index (χ3v) is 8.60. The van der Waals surface area contributed by atoms with Gasteiger partial charge in [0.1, 0.15) is 17.2 Å². The fraction of sp³-hybridized carbons (Fsp3) is 0.441. The standard InChI is InChI=1S/C34H40F3N7O2/c35-34(36,37)26-17-19-39-27(20-26)42-33(46)24-15-13-22(14-16-24)29-28-30(44-43-29)25(21-41-31(28)38)12-6-3-1-2-4-9-18-40-32(45)23-10-7-5-8-11-23/h13-17,19-21,23H,1-12,18H2,(H2,38,41)(H,40,45)(H,43,44)(H,39,42,46). The Bertz CT molecular complexity index is 1630. The molecule has 0 aliphatic heterocycles. The van der Waals surface area contributed by atoms with E-state index < -0.39 is 17.6 Å². The number of nitrogens with two attached hydrogens (primary N) is 1. The first-order valence-corrected chi connectivity index (χ1v) is 16.0. The number of benzene rings is 1. The van der Waals surface area contributed by atoms with Gasteiger partial charge in [0.15, 0.2) is 0 Å². The van der Waals surface area contributed by atoms with E-state index in [4.69, 9.17) is 5.73 Å². The highest BCUT2D eigenvalue weighted by atomic mass is 19.4. The summed E-state index contributed by atoms with van der Waals surface area (Å²) in [6.45, 7) is 0.763.